The van der Waals surface area contributed by atoms with Gasteiger partial charge in [0, 0.05) is 23.2 Å². The van der Waals surface area contributed by atoms with E-state index in [9.17, 15) is 0 Å². The van der Waals surface area contributed by atoms with E-state index in [0.717, 1.165) is 35.7 Å². The Bertz CT molecular complexity index is 648. The average molecular weight is 258 g/mol. The molecule has 0 radical (unpaired) electrons. The van der Waals surface area contributed by atoms with Gasteiger partial charge in [0.05, 0.1) is 13.2 Å². The van der Waals surface area contributed by atoms with E-state index in [0.29, 0.717) is 11.2 Å². The fourth-order valence-corrected chi connectivity index (χ4v) is 2.46. The molecular weight excluding hydrogens is 244 g/mol. The van der Waals surface area contributed by atoms with Crippen molar-refractivity contribution in [2.45, 2.75) is 20.0 Å². The topological polar surface area (TPSA) is 37.9 Å². The zero-order valence-corrected chi connectivity index (χ0v) is 11.0. The Hall–Kier alpha value is -1.52. The number of nitrogens with one attached hydrogen (secondary N) is 1. The van der Waals surface area contributed by atoms with Gasteiger partial charge in [-0.25, -0.2) is 4.98 Å². The van der Waals surface area contributed by atoms with E-state index in [-0.39, 0.29) is 0 Å². The van der Waals surface area contributed by atoms with Crippen LogP contribution in [0.15, 0.2) is 24.3 Å². The molecule has 1 aliphatic heterocycles. The highest BCUT2D eigenvalue weighted by Gasteiger charge is 2.14. The molecule has 3 rings (SSSR count). The van der Waals surface area contributed by atoms with Crippen LogP contribution in [0.1, 0.15) is 16.8 Å². The first-order chi connectivity index (χ1) is 8.74. The average Bonchev–Trinajstić information content (AvgIpc) is 2.39. The van der Waals surface area contributed by atoms with E-state index in [2.05, 4.69) is 29.0 Å². The summed E-state index contributed by atoms with van der Waals surface area (Å²) in [7, 11) is 0. The number of aromatic nitrogens is 2. The highest BCUT2D eigenvalue weighted by atomic mass is 32.1. The Labute approximate surface area is 111 Å². The quantitative estimate of drug-likeness (QED) is 0.798. The van der Waals surface area contributed by atoms with Gasteiger partial charge in [-0.15, -0.1) is 0 Å². The molecule has 0 aliphatic carbocycles. The van der Waals surface area contributed by atoms with Crippen LogP contribution in [0.25, 0.3) is 11.4 Å². The van der Waals surface area contributed by atoms with Crippen molar-refractivity contribution >= 4 is 12.2 Å². The van der Waals surface area contributed by atoms with Crippen molar-refractivity contribution < 1.29 is 4.74 Å². The third-order valence-corrected chi connectivity index (χ3v) is 3.48. The van der Waals surface area contributed by atoms with Gasteiger partial charge in [0.25, 0.3) is 0 Å². The number of fused-ring (bicyclic) bond motifs is 1. The SMILES string of the molecule is Cc1cccc(-c2nc(=S)c3c([nH]2)CCOC3)c1. The highest BCUT2D eigenvalue weighted by molar-refractivity contribution is 7.71. The Balaban J connectivity index is 2.14. The molecule has 92 valence electrons. The van der Waals surface area contributed by atoms with Gasteiger partial charge in [-0.05, 0) is 13.0 Å². The van der Waals surface area contributed by atoms with Crippen LogP contribution in [-0.4, -0.2) is 16.6 Å². The maximum atomic E-state index is 5.41. The van der Waals surface area contributed by atoms with Gasteiger partial charge in [-0.1, -0.05) is 36.0 Å². The third kappa shape index (κ3) is 2.09. The first-order valence-electron chi connectivity index (χ1n) is 6.01. The monoisotopic (exact) mass is 258 g/mol. The first kappa shape index (κ1) is 11.6. The molecule has 0 fully saturated rings. The van der Waals surface area contributed by atoms with Gasteiger partial charge in [-0.3, -0.25) is 0 Å². The minimum atomic E-state index is 0.575. The van der Waals surface area contributed by atoms with E-state index >= 15 is 0 Å². The molecule has 18 heavy (non-hydrogen) atoms. The van der Waals surface area contributed by atoms with Crippen LogP contribution in [-0.2, 0) is 17.8 Å². The molecule has 0 saturated carbocycles. The predicted octanol–water partition coefficient (Wildman–Crippen LogP) is 3.19. The van der Waals surface area contributed by atoms with Gasteiger partial charge < -0.3 is 9.72 Å². The maximum Gasteiger partial charge on any atom is 0.139 e. The van der Waals surface area contributed by atoms with Crippen molar-refractivity contribution in [3.8, 4) is 11.4 Å². The molecule has 4 heteroatoms. The zero-order chi connectivity index (χ0) is 12.5. The summed E-state index contributed by atoms with van der Waals surface area (Å²) >= 11 is 5.35. The second kappa shape index (κ2) is 4.63. The largest absolute Gasteiger partial charge is 0.376 e. The summed E-state index contributed by atoms with van der Waals surface area (Å²) in [5, 5.41) is 0. The van der Waals surface area contributed by atoms with Crippen molar-refractivity contribution in [2.75, 3.05) is 6.61 Å². The number of benzene rings is 1. The number of ether oxygens (including phenoxy) is 1. The molecule has 3 nitrogen and oxygen atoms in total. The van der Waals surface area contributed by atoms with E-state index in [1.165, 1.54) is 5.56 Å². The zero-order valence-electron chi connectivity index (χ0n) is 10.2. The summed E-state index contributed by atoms with van der Waals surface area (Å²) in [6.07, 6.45) is 0.875. The lowest BCUT2D eigenvalue weighted by atomic mass is 10.1. The summed E-state index contributed by atoms with van der Waals surface area (Å²) in [5.74, 6) is 0.851. The van der Waals surface area contributed by atoms with Crippen molar-refractivity contribution in [1.82, 2.24) is 9.97 Å². The Kier molecular flexibility index (Phi) is 2.97. The molecule has 1 N–H and O–H groups in total. The molecule has 0 amide bonds. The van der Waals surface area contributed by atoms with Crippen molar-refractivity contribution in [3.63, 3.8) is 0 Å². The minimum absolute atomic E-state index is 0.575. The molecular formula is C14H14N2OS. The van der Waals surface area contributed by atoms with Gasteiger partial charge in [0.1, 0.15) is 10.5 Å². The lowest BCUT2D eigenvalue weighted by molar-refractivity contribution is 0.108. The van der Waals surface area contributed by atoms with Gasteiger partial charge in [0.2, 0.25) is 0 Å². The molecule has 2 aromatic rings. The Morgan fingerprint density at radius 2 is 2.28 bits per heavy atom. The maximum absolute atomic E-state index is 5.41. The molecule has 1 aliphatic rings. The Morgan fingerprint density at radius 1 is 1.39 bits per heavy atom. The number of H-pyrrole nitrogens is 1. The smallest absolute Gasteiger partial charge is 0.139 e. The van der Waals surface area contributed by atoms with Crippen molar-refractivity contribution in [1.29, 1.82) is 0 Å². The van der Waals surface area contributed by atoms with E-state index in [4.69, 9.17) is 17.0 Å². The molecule has 0 saturated heterocycles. The highest BCUT2D eigenvalue weighted by Crippen LogP contribution is 2.21. The molecule has 2 heterocycles. The molecule has 1 aromatic heterocycles. The molecule has 1 aromatic carbocycles. The number of nitrogens with zero attached hydrogens (tertiary/aromatic N) is 1. The first-order valence-corrected chi connectivity index (χ1v) is 6.42. The van der Waals surface area contributed by atoms with Crippen LogP contribution in [0, 0.1) is 11.6 Å². The summed E-state index contributed by atoms with van der Waals surface area (Å²) in [5.41, 5.74) is 4.50. The van der Waals surface area contributed by atoms with E-state index in [1.54, 1.807) is 0 Å². The van der Waals surface area contributed by atoms with E-state index in [1.807, 2.05) is 12.1 Å². The fourth-order valence-electron chi connectivity index (χ4n) is 2.18. The number of aromatic amines is 1. The summed E-state index contributed by atoms with van der Waals surface area (Å²) < 4.78 is 6.07. The lowest BCUT2D eigenvalue weighted by Crippen LogP contribution is -2.14. The van der Waals surface area contributed by atoms with Crippen molar-refractivity contribution in [2.24, 2.45) is 0 Å². The van der Waals surface area contributed by atoms with Crippen LogP contribution in [0.5, 0.6) is 0 Å². The number of hydrogen-bond donors (Lipinski definition) is 1. The van der Waals surface area contributed by atoms with Crippen LogP contribution in [0.3, 0.4) is 0 Å². The van der Waals surface area contributed by atoms with Gasteiger partial charge in [0.15, 0.2) is 0 Å². The molecule has 0 bridgehead atoms. The normalized spacial score (nSPS) is 14.3. The molecule has 0 atom stereocenters. The number of aryl methyl sites for hydroxylation is 1. The number of rotatable bonds is 1. The van der Waals surface area contributed by atoms with Crippen LogP contribution < -0.4 is 0 Å². The van der Waals surface area contributed by atoms with Gasteiger partial charge >= 0.3 is 0 Å². The molecule has 0 unspecified atom stereocenters. The predicted molar refractivity (Wildman–Crippen MR) is 73.0 cm³/mol. The van der Waals surface area contributed by atoms with Crippen molar-refractivity contribution in [3.05, 3.63) is 45.7 Å². The van der Waals surface area contributed by atoms with Gasteiger partial charge in [-0.2, -0.15) is 0 Å². The second-order valence-electron chi connectivity index (χ2n) is 4.52. The second-order valence-corrected chi connectivity index (χ2v) is 4.91. The summed E-state index contributed by atoms with van der Waals surface area (Å²) in [4.78, 5) is 7.87. The summed E-state index contributed by atoms with van der Waals surface area (Å²) in [6, 6.07) is 8.27. The van der Waals surface area contributed by atoms with Crippen LogP contribution in [0.2, 0.25) is 0 Å². The minimum Gasteiger partial charge on any atom is -0.376 e. The Morgan fingerprint density at radius 3 is 3.11 bits per heavy atom. The standard InChI is InChI=1S/C14H14N2OS/c1-9-3-2-4-10(7-9)13-15-12-5-6-17-8-11(12)14(18)16-13/h2-4,7H,5-6,8H2,1H3,(H,15,16,18). The summed E-state index contributed by atoms with van der Waals surface area (Å²) in [6.45, 7) is 3.39. The lowest BCUT2D eigenvalue weighted by Gasteiger charge is -2.17. The number of hydrogen-bond acceptors (Lipinski definition) is 3. The van der Waals surface area contributed by atoms with Crippen LogP contribution >= 0.6 is 12.2 Å². The molecule has 0 spiro atoms. The fraction of sp³-hybridized carbons (Fsp3) is 0.286. The van der Waals surface area contributed by atoms with E-state index < -0.39 is 0 Å². The van der Waals surface area contributed by atoms with Crippen LogP contribution in [0.4, 0.5) is 0 Å². The third-order valence-electron chi connectivity index (χ3n) is 3.14.